The number of phenols is 1. The van der Waals surface area contributed by atoms with E-state index in [1.54, 1.807) is 12.1 Å². The van der Waals surface area contributed by atoms with Crippen LogP contribution < -0.4 is 0 Å². The molecule has 0 heterocycles. The third kappa shape index (κ3) is 2.87. The first-order chi connectivity index (χ1) is 9.55. The number of carbonyl (C=O) groups is 1. The van der Waals surface area contributed by atoms with Crippen molar-refractivity contribution in [3.8, 4) is 5.75 Å². The van der Waals surface area contributed by atoms with E-state index in [4.69, 9.17) is 4.74 Å². The minimum Gasteiger partial charge on any atom is -0.508 e. The number of aromatic hydroxyl groups is 1. The topological polar surface area (TPSA) is 76.0 Å². The Morgan fingerprint density at radius 1 is 1.50 bits per heavy atom. The predicted octanol–water partition coefficient (Wildman–Crippen LogP) is 3.11. The van der Waals surface area contributed by atoms with E-state index in [-0.39, 0.29) is 18.3 Å². The summed E-state index contributed by atoms with van der Waals surface area (Å²) < 4.78 is 5.24. The Morgan fingerprint density at radius 3 is 2.90 bits per heavy atom. The predicted molar refractivity (Wildman–Crippen MR) is 75.2 cm³/mol. The molecule has 0 aliphatic heterocycles. The molecular formula is C15H17NO4. The number of ether oxygens (including phenoxy) is 1. The van der Waals surface area contributed by atoms with Crippen molar-refractivity contribution >= 4 is 12.0 Å². The zero-order valence-electron chi connectivity index (χ0n) is 11.5. The average molecular weight is 275 g/mol. The second kappa shape index (κ2) is 5.86. The number of hydrogen-bond donors (Lipinski definition) is 1. The largest absolute Gasteiger partial charge is 0.508 e. The Kier molecular flexibility index (Phi) is 4.17. The van der Waals surface area contributed by atoms with Gasteiger partial charge in [0, 0.05) is 11.6 Å². The van der Waals surface area contributed by atoms with Gasteiger partial charge < -0.3 is 9.84 Å². The fourth-order valence-electron chi connectivity index (χ4n) is 2.26. The van der Waals surface area contributed by atoms with Crippen LogP contribution in [0.3, 0.4) is 0 Å². The lowest BCUT2D eigenvalue weighted by atomic mass is 9.94. The smallest absolute Gasteiger partial charge is 0.323 e. The summed E-state index contributed by atoms with van der Waals surface area (Å²) in [6, 6.07) is 3.69. The summed E-state index contributed by atoms with van der Waals surface area (Å²) in [7, 11) is 0. The van der Waals surface area contributed by atoms with Gasteiger partial charge in [0.05, 0.1) is 0 Å². The molecule has 0 saturated heterocycles. The van der Waals surface area contributed by atoms with Crippen LogP contribution in [0.2, 0.25) is 0 Å². The van der Waals surface area contributed by atoms with Gasteiger partial charge in [-0.05, 0) is 41.2 Å². The van der Waals surface area contributed by atoms with Crippen molar-refractivity contribution < 1.29 is 14.6 Å². The van der Waals surface area contributed by atoms with Crippen molar-refractivity contribution in [1.29, 1.82) is 0 Å². The minimum absolute atomic E-state index is 0.279. The van der Waals surface area contributed by atoms with Gasteiger partial charge in [0.2, 0.25) is 0 Å². The summed E-state index contributed by atoms with van der Waals surface area (Å²) in [4.78, 5) is 20.8. The molecule has 106 valence electrons. The molecule has 2 rings (SSSR count). The molecule has 1 amide bonds. The van der Waals surface area contributed by atoms with E-state index in [2.05, 4.69) is 19.0 Å². The standard InChI is InChI=1S/C15H17NO4/c1-3-9(2)13-6-10-4-12(20-8-15(18)16-19)5-11(10)7-14(13)17/h5-7,9,17H,3-4,8H2,1-2H3. The Morgan fingerprint density at radius 2 is 2.25 bits per heavy atom. The van der Waals surface area contributed by atoms with Crippen LogP contribution in [0.15, 0.2) is 23.1 Å². The van der Waals surface area contributed by atoms with E-state index in [1.807, 2.05) is 6.07 Å². The molecule has 20 heavy (non-hydrogen) atoms. The van der Waals surface area contributed by atoms with Crippen LogP contribution in [0.4, 0.5) is 0 Å². The summed E-state index contributed by atoms with van der Waals surface area (Å²) in [6.07, 6.45) is 3.28. The maximum Gasteiger partial charge on any atom is 0.323 e. The average Bonchev–Trinajstić information content (AvgIpc) is 2.84. The summed E-state index contributed by atoms with van der Waals surface area (Å²) in [5, 5.41) is 12.3. The highest BCUT2D eigenvalue weighted by atomic mass is 16.5. The van der Waals surface area contributed by atoms with Crippen LogP contribution >= 0.6 is 0 Å². The molecule has 0 spiro atoms. The molecule has 1 aromatic carbocycles. The fraction of sp³-hybridized carbons (Fsp3) is 0.400. The van der Waals surface area contributed by atoms with Gasteiger partial charge in [0.25, 0.3) is 0 Å². The monoisotopic (exact) mass is 275 g/mol. The molecule has 1 aromatic rings. The van der Waals surface area contributed by atoms with Crippen molar-refractivity contribution in [3.63, 3.8) is 0 Å². The lowest BCUT2D eigenvalue weighted by Crippen LogP contribution is -2.04. The van der Waals surface area contributed by atoms with Gasteiger partial charge in [-0.2, -0.15) is 0 Å². The van der Waals surface area contributed by atoms with Gasteiger partial charge in [0.15, 0.2) is 6.61 Å². The second-order valence-electron chi connectivity index (χ2n) is 4.98. The van der Waals surface area contributed by atoms with Crippen molar-refractivity contribution in [3.05, 3.63) is 39.5 Å². The van der Waals surface area contributed by atoms with E-state index < -0.39 is 5.91 Å². The molecule has 0 aromatic heterocycles. The number of nitrogens with zero attached hydrogens (tertiary/aromatic N) is 1. The lowest BCUT2D eigenvalue weighted by Gasteiger charge is -2.13. The van der Waals surface area contributed by atoms with Crippen LogP contribution in [0, 0.1) is 4.91 Å². The number of benzene rings is 1. The van der Waals surface area contributed by atoms with Gasteiger partial charge in [-0.1, -0.05) is 19.9 Å². The van der Waals surface area contributed by atoms with Gasteiger partial charge in [-0.25, -0.2) is 0 Å². The Hall–Kier alpha value is -2.17. The third-order valence-electron chi connectivity index (χ3n) is 3.60. The van der Waals surface area contributed by atoms with Crippen LogP contribution in [0.25, 0.3) is 6.08 Å². The molecule has 0 radical (unpaired) electrons. The molecule has 0 fully saturated rings. The third-order valence-corrected chi connectivity index (χ3v) is 3.60. The molecule has 0 saturated carbocycles. The van der Waals surface area contributed by atoms with E-state index in [9.17, 15) is 14.8 Å². The molecule has 1 aliphatic rings. The van der Waals surface area contributed by atoms with Crippen LogP contribution in [-0.2, 0) is 16.0 Å². The summed E-state index contributed by atoms with van der Waals surface area (Å²) in [5.74, 6) is 0.343. The fourth-order valence-corrected chi connectivity index (χ4v) is 2.26. The summed E-state index contributed by atoms with van der Waals surface area (Å²) >= 11 is 0. The van der Waals surface area contributed by atoms with Crippen molar-refractivity contribution in [2.45, 2.75) is 32.6 Å². The highest BCUT2D eigenvalue weighted by molar-refractivity contribution is 5.78. The number of phenolic OH excluding ortho intramolecular Hbond substituents is 1. The van der Waals surface area contributed by atoms with Crippen molar-refractivity contribution in [1.82, 2.24) is 0 Å². The first-order valence-electron chi connectivity index (χ1n) is 6.60. The summed E-state index contributed by atoms with van der Waals surface area (Å²) in [5.41, 5.74) is 2.86. The zero-order chi connectivity index (χ0) is 14.7. The number of rotatable bonds is 5. The molecule has 5 nitrogen and oxygen atoms in total. The van der Waals surface area contributed by atoms with Crippen molar-refractivity contribution in [2.24, 2.45) is 5.18 Å². The minimum atomic E-state index is -0.829. The molecule has 1 aliphatic carbocycles. The molecule has 0 bridgehead atoms. The van der Waals surface area contributed by atoms with Crippen LogP contribution in [0.1, 0.15) is 42.9 Å². The number of allylic oxidation sites excluding steroid dienone is 1. The van der Waals surface area contributed by atoms with Gasteiger partial charge in [0.1, 0.15) is 11.5 Å². The number of fused-ring (bicyclic) bond motifs is 1. The van der Waals surface area contributed by atoms with Crippen molar-refractivity contribution in [2.75, 3.05) is 6.61 Å². The van der Waals surface area contributed by atoms with Crippen LogP contribution in [-0.4, -0.2) is 17.6 Å². The van der Waals surface area contributed by atoms with Gasteiger partial charge in [-0.3, -0.25) is 4.79 Å². The Bertz CT molecular complexity index is 577. The number of amides is 1. The number of nitroso groups, excluding NO2 is 1. The first kappa shape index (κ1) is 14.2. The SMILES string of the molecule is CCC(C)c1cc2c(cc1O)C=C(OCC(=O)N=O)C2. The van der Waals surface area contributed by atoms with E-state index in [0.29, 0.717) is 12.2 Å². The highest BCUT2D eigenvalue weighted by Gasteiger charge is 2.19. The highest BCUT2D eigenvalue weighted by Crippen LogP contribution is 2.35. The molecule has 1 unspecified atom stereocenters. The molecule has 1 atom stereocenters. The maximum absolute atomic E-state index is 10.8. The number of carbonyl (C=O) groups excluding carboxylic acids is 1. The second-order valence-corrected chi connectivity index (χ2v) is 4.98. The normalized spacial score (nSPS) is 14.4. The van der Waals surface area contributed by atoms with E-state index >= 15 is 0 Å². The van der Waals surface area contributed by atoms with Gasteiger partial charge >= 0.3 is 5.91 Å². The molecule has 1 N–H and O–H groups in total. The maximum atomic E-state index is 10.8. The Labute approximate surface area is 117 Å². The van der Waals surface area contributed by atoms with E-state index in [1.165, 1.54) is 0 Å². The lowest BCUT2D eigenvalue weighted by molar-refractivity contribution is -0.121. The molecule has 5 heteroatoms. The van der Waals surface area contributed by atoms with E-state index in [0.717, 1.165) is 23.1 Å². The molecular weight excluding hydrogens is 258 g/mol. The summed E-state index contributed by atoms with van der Waals surface area (Å²) in [6.45, 7) is 3.80. The van der Waals surface area contributed by atoms with Crippen LogP contribution in [0.5, 0.6) is 5.75 Å². The number of hydrogen-bond acceptors (Lipinski definition) is 4. The quantitative estimate of drug-likeness (QED) is 0.838. The Balaban J connectivity index is 2.14. The van der Waals surface area contributed by atoms with Gasteiger partial charge in [-0.15, -0.1) is 4.91 Å². The first-order valence-corrected chi connectivity index (χ1v) is 6.60. The zero-order valence-corrected chi connectivity index (χ0v) is 11.5.